The number of aromatic nitrogens is 2. The molecule has 0 saturated carbocycles. The lowest BCUT2D eigenvalue weighted by atomic mass is 9.97. The lowest BCUT2D eigenvalue weighted by Gasteiger charge is -2.31. The first kappa shape index (κ1) is 15.5. The van der Waals surface area contributed by atoms with Gasteiger partial charge in [0.15, 0.2) is 5.13 Å². The van der Waals surface area contributed by atoms with E-state index in [1.165, 1.54) is 4.88 Å². The van der Waals surface area contributed by atoms with Crippen LogP contribution in [0.4, 0.5) is 5.13 Å². The number of nitrogens with one attached hydrogen (secondary N) is 1. The van der Waals surface area contributed by atoms with E-state index in [1.54, 1.807) is 28.9 Å². The number of carbonyl (C=O) groups excluding carboxylic acids is 1. The maximum absolute atomic E-state index is 12.5. The van der Waals surface area contributed by atoms with Crippen LogP contribution in [-0.2, 0) is 11.3 Å². The number of rotatable bonds is 4. The molecule has 24 heavy (non-hydrogen) atoms. The number of anilines is 1. The number of amides is 1. The van der Waals surface area contributed by atoms with Gasteiger partial charge < -0.3 is 10.2 Å². The van der Waals surface area contributed by atoms with Crippen LogP contribution in [0.5, 0.6) is 0 Å². The Bertz CT molecular complexity index is 797. The van der Waals surface area contributed by atoms with Crippen molar-refractivity contribution in [1.82, 2.24) is 15.3 Å². The number of carbonyl (C=O) groups is 1. The predicted molar refractivity (Wildman–Crippen MR) is 98.5 cm³/mol. The lowest BCUT2D eigenvalue weighted by molar-refractivity contribution is -0.125. The zero-order valence-electron chi connectivity index (χ0n) is 13.1. The Hall–Kier alpha value is -1.99. The maximum atomic E-state index is 12.5. The molecule has 1 amide bonds. The fraction of sp³-hybridized carbons (Fsp3) is 0.353. The summed E-state index contributed by atoms with van der Waals surface area (Å²) in [7, 11) is 0. The van der Waals surface area contributed by atoms with Gasteiger partial charge in [0.1, 0.15) is 10.3 Å². The summed E-state index contributed by atoms with van der Waals surface area (Å²) >= 11 is 3.27. The quantitative estimate of drug-likeness (QED) is 0.777. The largest absolute Gasteiger partial charge is 0.351 e. The third kappa shape index (κ3) is 3.27. The van der Waals surface area contributed by atoms with Gasteiger partial charge in [0.2, 0.25) is 5.91 Å². The molecule has 0 aliphatic carbocycles. The molecule has 5 nitrogen and oxygen atoms in total. The van der Waals surface area contributed by atoms with E-state index in [-0.39, 0.29) is 11.8 Å². The highest BCUT2D eigenvalue weighted by Gasteiger charge is 2.27. The van der Waals surface area contributed by atoms with Crippen LogP contribution in [0.25, 0.3) is 10.3 Å². The Morgan fingerprint density at radius 3 is 3.17 bits per heavy atom. The van der Waals surface area contributed by atoms with Gasteiger partial charge in [-0.25, -0.2) is 9.97 Å². The Balaban J connectivity index is 1.42. The van der Waals surface area contributed by atoms with Crippen molar-refractivity contribution < 1.29 is 4.79 Å². The highest BCUT2D eigenvalue weighted by Crippen LogP contribution is 2.30. The van der Waals surface area contributed by atoms with Crippen LogP contribution >= 0.6 is 22.7 Å². The van der Waals surface area contributed by atoms with E-state index in [0.29, 0.717) is 6.54 Å². The van der Waals surface area contributed by atoms with Crippen LogP contribution in [0.15, 0.2) is 35.8 Å². The topological polar surface area (TPSA) is 58.1 Å². The zero-order valence-corrected chi connectivity index (χ0v) is 14.8. The Labute approximate surface area is 148 Å². The van der Waals surface area contributed by atoms with Crippen LogP contribution in [0.1, 0.15) is 17.7 Å². The van der Waals surface area contributed by atoms with E-state index >= 15 is 0 Å². The normalized spacial score (nSPS) is 18.0. The van der Waals surface area contributed by atoms with Gasteiger partial charge in [0.05, 0.1) is 12.5 Å². The highest BCUT2D eigenvalue weighted by molar-refractivity contribution is 7.21. The van der Waals surface area contributed by atoms with Gasteiger partial charge in [-0.15, -0.1) is 11.3 Å². The minimum absolute atomic E-state index is 0.0266. The summed E-state index contributed by atoms with van der Waals surface area (Å²) in [6.45, 7) is 2.31. The molecule has 1 aliphatic rings. The maximum Gasteiger partial charge on any atom is 0.225 e. The van der Waals surface area contributed by atoms with E-state index in [4.69, 9.17) is 0 Å². The Morgan fingerprint density at radius 1 is 1.38 bits per heavy atom. The first-order valence-corrected chi connectivity index (χ1v) is 9.76. The highest BCUT2D eigenvalue weighted by atomic mass is 32.1. The number of hydrogen-bond donors (Lipinski definition) is 1. The van der Waals surface area contributed by atoms with Crippen LogP contribution in [-0.4, -0.2) is 29.0 Å². The fourth-order valence-electron chi connectivity index (χ4n) is 2.99. The minimum Gasteiger partial charge on any atom is -0.351 e. The number of hydrogen-bond acceptors (Lipinski definition) is 6. The van der Waals surface area contributed by atoms with Gasteiger partial charge >= 0.3 is 0 Å². The van der Waals surface area contributed by atoms with E-state index in [2.05, 4.69) is 20.2 Å². The number of thiophene rings is 1. The Kier molecular flexibility index (Phi) is 4.44. The van der Waals surface area contributed by atoms with E-state index < -0.39 is 0 Å². The van der Waals surface area contributed by atoms with E-state index in [1.807, 2.05) is 29.6 Å². The second kappa shape index (κ2) is 6.86. The van der Waals surface area contributed by atoms with E-state index in [0.717, 1.165) is 41.4 Å². The van der Waals surface area contributed by atoms with Crippen molar-refractivity contribution >= 4 is 44.1 Å². The molecule has 1 aliphatic heterocycles. The summed E-state index contributed by atoms with van der Waals surface area (Å²) in [5.41, 5.74) is 0.932. The van der Waals surface area contributed by atoms with Crippen molar-refractivity contribution in [3.05, 3.63) is 40.7 Å². The summed E-state index contributed by atoms with van der Waals surface area (Å²) in [4.78, 5) is 25.9. The third-order valence-electron chi connectivity index (χ3n) is 4.23. The van der Waals surface area contributed by atoms with Crippen LogP contribution in [0, 0.1) is 5.92 Å². The zero-order chi connectivity index (χ0) is 16.4. The number of piperidine rings is 1. The summed E-state index contributed by atoms with van der Waals surface area (Å²) in [5.74, 6) is 0.172. The molecular weight excluding hydrogens is 340 g/mol. The molecule has 4 rings (SSSR count). The average Bonchev–Trinajstić information content (AvgIpc) is 3.29. The molecule has 1 atom stereocenters. The molecule has 4 heterocycles. The van der Waals surface area contributed by atoms with Crippen molar-refractivity contribution in [2.45, 2.75) is 19.4 Å². The SMILES string of the molecule is O=C(NCc1cccs1)[C@@H]1CCCN(c2nc3cccnc3s2)C1. The van der Waals surface area contributed by atoms with Gasteiger partial charge in [-0.3, -0.25) is 4.79 Å². The van der Waals surface area contributed by atoms with Gasteiger partial charge in [0, 0.05) is 24.2 Å². The molecule has 124 valence electrons. The summed E-state index contributed by atoms with van der Waals surface area (Å²) < 4.78 is 0. The first-order valence-electron chi connectivity index (χ1n) is 8.06. The molecule has 3 aromatic rings. The number of thiazole rings is 1. The summed E-state index contributed by atoms with van der Waals surface area (Å²) in [6, 6.07) is 7.95. The minimum atomic E-state index is 0.0266. The van der Waals surface area contributed by atoms with E-state index in [9.17, 15) is 4.79 Å². The molecule has 7 heteroatoms. The Morgan fingerprint density at radius 2 is 2.33 bits per heavy atom. The molecule has 0 bridgehead atoms. The smallest absolute Gasteiger partial charge is 0.225 e. The molecule has 1 fully saturated rings. The molecule has 0 radical (unpaired) electrons. The molecule has 1 saturated heterocycles. The predicted octanol–water partition coefficient (Wildman–Crippen LogP) is 3.29. The number of nitrogens with zero attached hydrogens (tertiary/aromatic N) is 3. The molecule has 0 unspecified atom stereocenters. The lowest BCUT2D eigenvalue weighted by Crippen LogP contribution is -2.42. The molecule has 1 N–H and O–H groups in total. The van der Waals surface area contributed by atoms with Crippen molar-refractivity contribution in [2.75, 3.05) is 18.0 Å². The first-order chi connectivity index (χ1) is 11.8. The van der Waals surface area contributed by atoms with Crippen LogP contribution < -0.4 is 10.2 Å². The number of pyridine rings is 1. The van der Waals surface area contributed by atoms with Crippen molar-refractivity contribution in [1.29, 1.82) is 0 Å². The average molecular weight is 358 g/mol. The molecular formula is C17H18N4OS2. The number of fused-ring (bicyclic) bond motifs is 1. The van der Waals surface area contributed by atoms with Crippen molar-refractivity contribution in [3.8, 4) is 0 Å². The summed E-state index contributed by atoms with van der Waals surface area (Å²) in [6.07, 6.45) is 3.75. The third-order valence-corrected chi connectivity index (χ3v) is 6.15. The molecule has 0 aromatic carbocycles. The van der Waals surface area contributed by atoms with Crippen molar-refractivity contribution in [3.63, 3.8) is 0 Å². The van der Waals surface area contributed by atoms with Crippen LogP contribution in [0.3, 0.4) is 0 Å². The summed E-state index contributed by atoms with van der Waals surface area (Å²) in [5, 5.41) is 6.07. The monoisotopic (exact) mass is 358 g/mol. The fourth-order valence-corrected chi connectivity index (χ4v) is 4.58. The van der Waals surface area contributed by atoms with Gasteiger partial charge in [-0.05, 0) is 36.4 Å². The second-order valence-electron chi connectivity index (χ2n) is 5.91. The second-order valence-corrected chi connectivity index (χ2v) is 7.89. The van der Waals surface area contributed by atoms with Gasteiger partial charge in [0.25, 0.3) is 0 Å². The van der Waals surface area contributed by atoms with Crippen molar-refractivity contribution in [2.24, 2.45) is 5.92 Å². The van der Waals surface area contributed by atoms with Crippen LogP contribution in [0.2, 0.25) is 0 Å². The van der Waals surface area contributed by atoms with Gasteiger partial charge in [-0.2, -0.15) is 0 Å². The molecule has 3 aromatic heterocycles. The standard InChI is InChI=1S/C17H18N4OS2/c22-15(19-10-13-5-3-9-23-13)12-4-2-8-21(11-12)17-20-14-6-1-7-18-16(14)24-17/h1,3,5-7,9,12H,2,4,8,10-11H2,(H,19,22)/t12-/m1/s1. The van der Waals surface area contributed by atoms with Gasteiger partial charge in [-0.1, -0.05) is 17.4 Å². The molecule has 0 spiro atoms.